The number of para-hydroxylation sites is 1. The second-order valence-electron chi connectivity index (χ2n) is 10.4. The number of hydrogen-bond donors (Lipinski definition) is 0. The first-order valence-electron chi connectivity index (χ1n) is 14.5. The topological polar surface area (TPSA) is 89.5 Å². The third kappa shape index (κ3) is 9.15. The van der Waals surface area contributed by atoms with Gasteiger partial charge in [0.25, 0.3) is 0 Å². The van der Waals surface area contributed by atoms with Crippen molar-refractivity contribution in [3.63, 3.8) is 0 Å². The van der Waals surface area contributed by atoms with Gasteiger partial charge in [0.15, 0.2) is 0 Å². The molecule has 12 heteroatoms. The lowest BCUT2D eigenvalue weighted by Gasteiger charge is -2.45. The lowest BCUT2D eigenvalue weighted by atomic mass is 9.97. The molecule has 0 spiro atoms. The first-order chi connectivity index (χ1) is 22.2. The van der Waals surface area contributed by atoms with Crippen LogP contribution in [0.5, 0.6) is 5.75 Å². The molecule has 0 aromatic heterocycles. The second-order valence-corrected chi connectivity index (χ2v) is 12.0. The fourth-order valence-electron chi connectivity index (χ4n) is 4.83. The summed E-state index contributed by atoms with van der Waals surface area (Å²) in [4.78, 5) is 0. The molecule has 0 bridgehead atoms. The van der Waals surface area contributed by atoms with Crippen LogP contribution in [0, 0.1) is 0 Å². The zero-order valence-electron chi connectivity index (χ0n) is 24.6. The summed E-state index contributed by atoms with van der Waals surface area (Å²) in [6.45, 7) is -0.817. The van der Waals surface area contributed by atoms with Gasteiger partial charge in [0.2, 0.25) is 6.29 Å². The summed E-state index contributed by atoms with van der Waals surface area (Å²) in [6.07, 6.45) is -5.79. The van der Waals surface area contributed by atoms with E-state index in [2.05, 4.69) is 4.18 Å². The molecular formula is C34H33F3O8S. The SMILES string of the molecule is O=S(=O)(OC[C@H]1O[C@H](Oc2ccccc2)[C@@H](OCc2ccccc2)[C@@H](OCc2ccccc2)[C@@H]1OCc1ccccc1)C(F)(F)F. The molecule has 0 N–H and O–H groups in total. The molecule has 4 aromatic rings. The summed E-state index contributed by atoms with van der Waals surface area (Å²) >= 11 is 0. The van der Waals surface area contributed by atoms with E-state index >= 15 is 0 Å². The smallest absolute Gasteiger partial charge is 0.462 e. The minimum Gasteiger partial charge on any atom is -0.462 e. The van der Waals surface area contributed by atoms with Gasteiger partial charge in [0.1, 0.15) is 30.2 Å². The van der Waals surface area contributed by atoms with Gasteiger partial charge in [-0.05, 0) is 28.8 Å². The number of alkyl halides is 3. The molecule has 4 aromatic carbocycles. The highest BCUT2D eigenvalue weighted by atomic mass is 32.2. The van der Waals surface area contributed by atoms with Gasteiger partial charge in [0.05, 0.1) is 26.4 Å². The van der Waals surface area contributed by atoms with E-state index in [0.29, 0.717) is 5.75 Å². The standard InChI is InChI=1S/C34H33F3O8S/c35-34(36,37)46(38,39)43-24-29-30(40-21-25-13-5-1-6-14-25)31(41-22-26-15-7-2-8-16-26)32(42-23-27-17-9-3-10-18-27)33(45-29)44-28-19-11-4-12-20-28/h1-20,29-33H,21-24H2/t29-,30-,31+,32+,33+/m1/s1. The molecule has 1 heterocycles. The third-order valence-corrected chi connectivity index (χ3v) is 8.13. The van der Waals surface area contributed by atoms with E-state index in [-0.39, 0.29) is 19.8 Å². The van der Waals surface area contributed by atoms with Crippen molar-refractivity contribution in [2.75, 3.05) is 6.61 Å². The minimum atomic E-state index is -5.94. The van der Waals surface area contributed by atoms with Crippen molar-refractivity contribution >= 4 is 10.1 Å². The molecule has 8 nitrogen and oxygen atoms in total. The van der Waals surface area contributed by atoms with Gasteiger partial charge in [-0.15, -0.1) is 0 Å². The van der Waals surface area contributed by atoms with Crippen LogP contribution in [-0.4, -0.2) is 51.2 Å². The van der Waals surface area contributed by atoms with Crippen molar-refractivity contribution in [2.24, 2.45) is 0 Å². The van der Waals surface area contributed by atoms with Gasteiger partial charge in [-0.2, -0.15) is 21.6 Å². The van der Waals surface area contributed by atoms with Gasteiger partial charge in [-0.25, -0.2) is 0 Å². The van der Waals surface area contributed by atoms with Crippen LogP contribution in [0.1, 0.15) is 16.7 Å². The van der Waals surface area contributed by atoms with Gasteiger partial charge in [0, 0.05) is 0 Å². The maximum absolute atomic E-state index is 13.3. The van der Waals surface area contributed by atoms with E-state index in [1.807, 2.05) is 91.0 Å². The van der Waals surface area contributed by atoms with Crippen LogP contribution >= 0.6 is 0 Å². The number of benzene rings is 4. The molecule has 0 amide bonds. The molecule has 5 rings (SSSR count). The van der Waals surface area contributed by atoms with E-state index in [1.165, 1.54) is 0 Å². The van der Waals surface area contributed by atoms with Crippen LogP contribution in [0.25, 0.3) is 0 Å². The van der Waals surface area contributed by atoms with E-state index in [4.69, 9.17) is 23.7 Å². The van der Waals surface area contributed by atoms with E-state index in [0.717, 1.165) is 16.7 Å². The number of rotatable bonds is 14. The van der Waals surface area contributed by atoms with E-state index in [9.17, 15) is 21.6 Å². The summed E-state index contributed by atoms with van der Waals surface area (Å²) < 4.78 is 99.6. The fourth-order valence-corrected chi connectivity index (χ4v) is 5.28. The van der Waals surface area contributed by atoms with Gasteiger partial charge in [-0.3, -0.25) is 4.18 Å². The van der Waals surface area contributed by atoms with Crippen molar-refractivity contribution in [2.45, 2.75) is 56.0 Å². The second kappa shape index (κ2) is 15.7. The third-order valence-electron chi connectivity index (χ3n) is 7.11. The molecule has 0 aliphatic carbocycles. The Morgan fingerprint density at radius 1 is 0.587 bits per heavy atom. The van der Waals surface area contributed by atoms with Crippen molar-refractivity contribution < 1.29 is 49.5 Å². The number of halogens is 3. The van der Waals surface area contributed by atoms with Crippen molar-refractivity contribution in [1.82, 2.24) is 0 Å². The summed E-state index contributed by atoms with van der Waals surface area (Å²) in [5, 5.41) is 0. The van der Waals surface area contributed by atoms with Crippen LogP contribution in [-0.2, 0) is 53.1 Å². The maximum Gasteiger partial charge on any atom is 0.523 e. The van der Waals surface area contributed by atoms with Crippen molar-refractivity contribution in [3.8, 4) is 5.75 Å². The summed E-state index contributed by atoms with van der Waals surface area (Å²) in [6, 6.07) is 36.3. The fraction of sp³-hybridized carbons (Fsp3) is 0.294. The van der Waals surface area contributed by atoms with Crippen LogP contribution in [0.4, 0.5) is 13.2 Å². The molecule has 1 aliphatic heterocycles. The molecule has 0 radical (unpaired) electrons. The number of ether oxygens (including phenoxy) is 5. The summed E-state index contributed by atoms with van der Waals surface area (Å²) in [7, 11) is -5.94. The van der Waals surface area contributed by atoms with Crippen LogP contribution < -0.4 is 4.74 Å². The molecule has 244 valence electrons. The normalized spacial score (nSPS) is 21.9. The molecule has 46 heavy (non-hydrogen) atoms. The Kier molecular flexibility index (Phi) is 11.4. The number of hydrogen-bond acceptors (Lipinski definition) is 8. The molecule has 0 unspecified atom stereocenters. The van der Waals surface area contributed by atoms with Crippen molar-refractivity contribution in [1.29, 1.82) is 0 Å². The Morgan fingerprint density at radius 3 is 1.46 bits per heavy atom. The lowest BCUT2D eigenvalue weighted by Crippen LogP contribution is -2.62. The molecule has 0 saturated carbocycles. The zero-order chi connectivity index (χ0) is 32.4. The van der Waals surface area contributed by atoms with Crippen LogP contribution in [0.2, 0.25) is 0 Å². The predicted octanol–water partition coefficient (Wildman–Crippen LogP) is 6.41. The van der Waals surface area contributed by atoms with Crippen molar-refractivity contribution in [3.05, 3.63) is 138 Å². The molecular weight excluding hydrogens is 625 g/mol. The molecule has 1 saturated heterocycles. The summed E-state index contributed by atoms with van der Waals surface area (Å²) in [5.74, 6) is 0.383. The minimum absolute atomic E-state index is 0.0121. The Hall–Kier alpha value is -3.78. The van der Waals surface area contributed by atoms with E-state index in [1.54, 1.807) is 30.3 Å². The molecule has 1 fully saturated rings. The highest BCUT2D eigenvalue weighted by molar-refractivity contribution is 7.87. The van der Waals surface area contributed by atoms with Gasteiger partial charge in [-0.1, -0.05) is 109 Å². The first-order valence-corrected chi connectivity index (χ1v) is 15.9. The van der Waals surface area contributed by atoms with E-state index < -0.39 is 52.9 Å². The Morgan fingerprint density at radius 2 is 1.00 bits per heavy atom. The monoisotopic (exact) mass is 658 g/mol. The Bertz CT molecular complexity index is 1580. The van der Waals surface area contributed by atoms with Crippen LogP contribution in [0.3, 0.4) is 0 Å². The lowest BCUT2D eigenvalue weighted by molar-refractivity contribution is -0.307. The molecule has 1 aliphatic rings. The first kappa shape index (κ1) is 33.6. The van der Waals surface area contributed by atoms with Crippen LogP contribution in [0.15, 0.2) is 121 Å². The van der Waals surface area contributed by atoms with Gasteiger partial charge < -0.3 is 23.7 Å². The average molecular weight is 659 g/mol. The zero-order valence-corrected chi connectivity index (χ0v) is 25.4. The summed E-state index contributed by atoms with van der Waals surface area (Å²) in [5.41, 5.74) is -3.22. The Balaban J connectivity index is 1.51. The molecule has 5 atom stereocenters. The highest BCUT2D eigenvalue weighted by Crippen LogP contribution is 2.33. The largest absolute Gasteiger partial charge is 0.523 e. The Labute approximate surface area is 265 Å². The highest BCUT2D eigenvalue weighted by Gasteiger charge is 2.52. The average Bonchev–Trinajstić information content (AvgIpc) is 3.06. The van der Waals surface area contributed by atoms with Gasteiger partial charge >= 0.3 is 15.6 Å². The quantitative estimate of drug-likeness (QED) is 0.113. The predicted molar refractivity (Wildman–Crippen MR) is 162 cm³/mol. The maximum atomic E-state index is 13.3.